The van der Waals surface area contributed by atoms with Gasteiger partial charge in [-0.1, -0.05) is 44.2 Å². The average molecular weight is 405 g/mol. The Morgan fingerprint density at radius 2 is 1.80 bits per heavy atom. The number of aromatic nitrogens is 2. The van der Waals surface area contributed by atoms with Gasteiger partial charge in [-0.2, -0.15) is 5.10 Å². The van der Waals surface area contributed by atoms with Crippen LogP contribution < -0.4 is 10.3 Å². The molecule has 1 fully saturated rings. The van der Waals surface area contributed by atoms with E-state index in [-0.39, 0.29) is 23.4 Å². The van der Waals surface area contributed by atoms with E-state index in [1.807, 2.05) is 61.2 Å². The van der Waals surface area contributed by atoms with E-state index in [0.29, 0.717) is 29.6 Å². The molecule has 0 spiro atoms. The molecule has 0 saturated heterocycles. The zero-order chi connectivity index (χ0) is 21.3. The summed E-state index contributed by atoms with van der Waals surface area (Å²) in [5, 5.41) is 5.69. The van der Waals surface area contributed by atoms with E-state index in [2.05, 4.69) is 5.10 Å². The zero-order valence-corrected chi connectivity index (χ0v) is 17.7. The highest BCUT2D eigenvalue weighted by Gasteiger charge is 2.34. The number of carbonyl (C=O) groups is 1. The van der Waals surface area contributed by atoms with Crippen molar-refractivity contribution >= 4 is 16.7 Å². The summed E-state index contributed by atoms with van der Waals surface area (Å²) in [6.07, 6.45) is 1.98. The highest BCUT2D eigenvalue weighted by Crippen LogP contribution is 2.31. The zero-order valence-electron chi connectivity index (χ0n) is 17.7. The minimum Gasteiger partial charge on any atom is -0.497 e. The smallest absolute Gasteiger partial charge is 0.275 e. The first-order valence-corrected chi connectivity index (χ1v) is 10.4. The van der Waals surface area contributed by atoms with E-state index < -0.39 is 0 Å². The molecule has 1 aliphatic rings. The average Bonchev–Trinajstić information content (AvgIpc) is 3.59. The van der Waals surface area contributed by atoms with Crippen LogP contribution in [0.25, 0.3) is 10.8 Å². The van der Waals surface area contributed by atoms with Crippen molar-refractivity contribution in [3.8, 4) is 5.75 Å². The lowest BCUT2D eigenvalue weighted by Gasteiger charge is -2.23. The maximum absolute atomic E-state index is 13.6. The third kappa shape index (κ3) is 4.08. The molecule has 4 rings (SSSR count). The van der Waals surface area contributed by atoms with Gasteiger partial charge in [-0.25, -0.2) is 4.68 Å². The molecule has 3 aromatic rings. The van der Waals surface area contributed by atoms with E-state index in [9.17, 15) is 9.59 Å². The number of carbonyl (C=O) groups excluding carboxylic acids is 1. The second-order valence-corrected chi connectivity index (χ2v) is 8.29. The first kappa shape index (κ1) is 20.1. The van der Waals surface area contributed by atoms with Crippen LogP contribution in [0.1, 0.15) is 42.7 Å². The van der Waals surface area contributed by atoms with Crippen LogP contribution in [0.5, 0.6) is 5.75 Å². The van der Waals surface area contributed by atoms with Gasteiger partial charge in [-0.15, -0.1) is 0 Å². The number of hydrogen-bond donors (Lipinski definition) is 0. The molecule has 1 saturated carbocycles. The Balaban J connectivity index is 1.74. The summed E-state index contributed by atoms with van der Waals surface area (Å²) in [4.78, 5) is 28.4. The number of fused-ring (bicyclic) bond motifs is 1. The molecule has 0 atom stereocenters. The Morgan fingerprint density at radius 3 is 2.40 bits per heavy atom. The Hall–Kier alpha value is -3.15. The standard InChI is InChI=1S/C24H27N3O3/c1-16(2)14-27-23(28)21-7-5-4-6-20(21)22(25-27)24(29)26(18-10-11-18)15-17-8-12-19(30-3)13-9-17/h4-9,12-13,16,18H,10-11,14-15H2,1-3H3. The van der Waals surface area contributed by atoms with Crippen LogP contribution in [0.4, 0.5) is 0 Å². The molecule has 1 aliphatic carbocycles. The van der Waals surface area contributed by atoms with E-state index in [4.69, 9.17) is 4.74 Å². The molecule has 6 heteroatoms. The fourth-order valence-electron chi connectivity index (χ4n) is 3.68. The van der Waals surface area contributed by atoms with Crippen molar-refractivity contribution in [1.29, 1.82) is 0 Å². The summed E-state index contributed by atoms with van der Waals surface area (Å²) < 4.78 is 6.68. The van der Waals surface area contributed by atoms with Crippen molar-refractivity contribution in [2.24, 2.45) is 5.92 Å². The van der Waals surface area contributed by atoms with E-state index in [1.165, 1.54) is 4.68 Å². The van der Waals surface area contributed by atoms with Crippen LogP contribution in [0.15, 0.2) is 53.3 Å². The van der Waals surface area contributed by atoms with Gasteiger partial charge in [0, 0.05) is 24.5 Å². The van der Waals surface area contributed by atoms with Crippen LogP contribution >= 0.6 is 0 Å². The maximum atomic E-state index is 13.6. The maximum Gasteiger partial charge on any atom is 0.275 e. The van der Waals surface area contributed by atoms with Gasteiger partial charge in [0.25, 0.3) is 11.5 Å². The van der Waals surface area contributed by atoms with Crippen LogP contribution in [0.2, 0.25) is 0 Å². The third-order valence-corrected chi connectivity index (χ3v) is 5.37. The van der Waals surface area contributed by atoms with Crippen molar-refractivity contribution in [2.45, 2.75) is 45.8 Å². The molecule has 0 bridgehead atoms. The van der Waals surface area contributed by atoms with E-state index in [1.54, 1.807) is 13.2 Å². The summed E-state index contributed by atoms with van der Waals surface area (Å²) in [6, 6.07) is 15.2. The number of methoxy groups -OCH3 is 1. The van der Waals surface area contributed by atoms with Crippen molar-refractivity contribution in [1.82, 2.24) is 14.7 Å². The predicted octanol–water partition coefficient (Wildman–Crippen LogP) is 3.87. The Bertz CT molecular complexity index is 1110. The minimum absolute atomic E-state index is 0.123. The first-order valence-electron chi connectivity index (χ1n) is 10.4. The Morgan fingerprint density at radius 1 is 1.13 bits per heavy atom. The molecule has 1 heterocycles. The van der Waals surface area contributed by atoms with Crippen LogP contribution in [-0.4, -0.2) is 33.7 Å². The van der Waals surface area contributed by atoms with Gasteiger partial charge in [0.1, 0.15) is 5.75 Å². The van der Waals surface area contributed by atoms with E-state index >= 15 is 0 Å². The summed E-state index contributed by atoms with van der Waals surface area (Å²) in [5.74, 6) is 0.914. The second-order valence-electron chi connectivity index (χ2n) is 8.29. The van der Waals surface area contributed by atoms with Crippen LogP contribution in [-0.2, 0) is 13.1 Å². The van der Waals surface area contributed by atoms with Gasteiger partial charge < -0.3 is 9.64 Å². The largest absolute Gasteiger partial charge is 0.497 e. The molecular weight excluding hydrogens is 378 g/mol. The van der Waals surface area contributed by atoms with Gasteiger partial charge >= 0.3 is 0 Å². The highest BCUT2D eigenvalue weighted by atomic mass is 16.5. The molecular formula is C24H27N3O3. The number of benzene rings is 2. The monoisotopic (exact) mass is 405 g/mol. The normalized spacial score (nSPS) is 13.6. The van der Waals surface area contributed by atoms with Gasteiger partial charge in [-0.3, -0.25) is 9.59 Å². The van der Waals surface area contributed by atoms with Crippen molar-refractivity contribution < 1.29 is 9.53 Å². The summed E-state index contributed by atoms with van der Waals surface area (Å²) >= 11 is 0. The fraction of sp³-hybridized carbons (Fsp3) is 0.375. The number of rotatable bonds is 7. The molecule has 1 amide bonds. The summed E-state index contributed by atoms with van der Waals surface area (Å²) in [6.45, 7) is 5.05. The van der Waals surface area contributed by atoms with E-state index in [0.717, 1.165) is 24.2 Å². The number of hydrogen-bond acceptors (Lipinski definition) is 4. The van der Waals surface area contributed by atoms with Gasteiger partial charge in [0.15, 0.2) is 5.69 Å². The van der Waals surface area contributed by atoms with Crippen molar-refractivity contribution in [2.75, 3.05) is 7.11 Å². The van der Waals surface area contributed by atoms with Crippen molar-refractivity contribution in [3.05, 3.63) is 70.1 Å². The quantitative estimate of drug-likeness (QED) is 0.599. The predicted molar refractivity (Wildman–Crippen MR) is 117 cm³/mol. The van der Waals surface area contributed by atoms with Gasteiger partial charge in [0.05, 0.1) is 12.5 Å². The van der Waals surface area contributed by atoms with Crippen LogP contribution in [0.3, 0.4) is 0 Å². The molecule has 1 aromatic heterocycles. The van der Waals surface area contributed by atoms with Gasteiger partial charge in [0.2, 0.25) is 0 Å². The molecule has 2 aromatic carbocycles. The lowest BCUT2D eigenvalue weighted by atomic mass is 10.1. The Labute approximate surface area is 176 Å². The lowest BCUT2D eigenvalue weighted by molar-refractivity contribution is 0.0723. The minimum atomic E-state index is -0.149. The number of nitrogens with zero attached hydrogens (tertiary/aromatic N) is 3. The molecule has 0 unspecified atom stereocenters. The Kier molecular flexibility index (Phi) is 5.57. The second kappa shape index (κ2) is 8.30. The molecule has 0 aliphatic heterocycles. The highest BCUT2D eigenvalue weighted by molar-refractivity contribution is 6.05. The number of ether oxygens (including phenoxy) is 1. The molecule has 156 valence electrons. The summed E-state index contributed by atoms with van der Waals surface area (Å²) in [7, 11) is 1.64. The summed E-state index contributed by atoms with van der Waals surface area (Å²) in [5.41, 5.74) is 1.24. The molecule has 6 nitrogen and oxygen atoms in total. The van der Waals surface area contributed by atoms with Crippen molar-refractivity contribution in [3.63, 3.8) is 0 Å². The fourth-order valence-corrected chi connectivity index (χ4v) is 3.68. The molecule has 0 radical (unpaired) electrons. The van der Waals surface area contributed by atoms with Gasteiger partial charge in [-0.05, 0) is 42.5 Å². The van der Waals surface area contributed by atoms with Crippen LogP contribution in [0, 0.1) is 5.92 Å². The third-order valence-electron chi connectivity index (χ3n) is 5.37. The molecule has 30 heavy (non-hydrogen) atoms. The number of amides is 1. The first-order chi connectivity index (χ1) is 14.5. The lowest BCUT2D eigenvalue weighted by Crippen LogP contribution is -2.36. The SMILES string of the molecule is COc1ccc(CN(C(=O)c2nn(CC(C)C)c(=O)c3ccccc23)C2CC2)cc1. The molecule has 0 N–H and O–H groups in total. The topological polar surface area (TPSA) is 64.4 Å².